The highest BCUT2D eigenvalue weighted by molar-refractivity contribution is 5.80. The summed E-state index contributed by atoms with van der Waals surface area (Å²) in [5.74, 6) is 2.94. The van der Waals surface area contributed by atoms with Crippen LogP contribution in [0.15, 0.2) is 17.1 Å². The molecule has 1 aromatic rings. The van der Waals surface area contributed by atoms with E-state index < -0.39 is 0 Å². The van der Waals surface area contributed by atoms with Crippen LogP contribution in [0, 0.1) is 0 Å². The molecular weight excluding hydrogens is 398 g/mol. The second-order valence-electron chi connectivity index (χ2n) is 7.38. The van der Waals surface area contributed by atoms with E-state index in [0.717, 1.165) is 70.1 Å². The van der Waals surface area contributed by atoms with Crippen molar-refractivity contribution in [1.29, 1.82) is 0 Å². The van der Waals surface area contributed by atoms with E-state index in [4.69, 9.17) is 28.7 Å². The monoisotopic (exact) mass is 437 g/mol. The number of methoxy groups -OCH3 is 4. The number of guanidine groups is 1. The maximum Gasteiger partial charge on any atom is 0.203 e. The van der Waals surface area contributed by atoms with E-state index in [-0.39, 0.29) is 0 Å². The highest BCUT2D eigenvalue weighted by Crippen LogP contribution is 2.39. The van der Waals surface area contributed by atoms with E-state index in [9.17, 15) is 0 Å². The van der Waals surface area contributed by atoms with Gasteiger partial charge in [-0.1, -0.05) is 6.07 Å². The predicted octanol–water partition coefficient (Wildman–Crippen LogP) is 2.74. The number of nitrogens with one attached hydrogen (secondary N) is 1. The van der Waals surface area contributed by atoms with Gasteiger partial charge in [-0.25, -0.2) is 0 Å². The molecule has 1 fully saturated rings. The van der Waals surface area contributed by atoms with E-state index in [0.29, 0.717) is 29.9 Å². The van der Waals surface area contributed by atoms with Gasteiger partial charge in [0.1, 0.15) is 0 Å². The van der Waals surface area contributed by atoms with E-state index >= 15 is 0 Å². The number of aliphatic imine (C=N–C) groups is 1. The summed E-state index contributed by atoms with van der Waals surface area (Å²) in [6, 6.07) is 3.91. The molecule has 1 heterocycles. The quantitative estimate of drug-likeness (QED) is 0.306. The Morgan fingerprint density at radius 1 is 1.03 bits per heavy atom. The molecule has 0 saturated carbocycles. The first-order valence-corrected chi connectivity index (χ1v) is 11.1. The van der Waals surface area contributed by atoms with E-state index in [1.54, 1.807) is 28.4 Å². The third-order valence-corrected chi connectivity index (χ3v) is 5.35. The highest BCUT2D eigenvalue weighted by Gasteiger charge is 2.22. The van der Waals surface area contributed by atoms with E-state index in [1.165, 1.54) is 0 Å². The van der Waals surface area contributed by atoms with Crippen LogP contribution >= 0.6 is 0 Å². The number of piperidine rings is 1. The molecule has 1 aliphatic heterocycles. The number of benzene rings is 1. The number of nitrogens with zero attached hydrogens (tertiary/aromatic N) is 2. The summed E-state index contributed by atoms with van der Waals surface area (Å²) in [5.41, 5.74) is 1.04. The third-order valence-electron chi connectivity index (χ3n) is 5.35. The van der Waals surface area contributed by atoms with Gasteiger partial charge in [-0.2, -0.15) is 0 Å². The van der Waals surface area contributed by atoms with Crippen molar-refractivity contribution in [3.8, 4) is 17.2 Å². The average molecular weight is 438 g/mol. The molecule has 1 N–H and O–H groups in total. The first kappa shape index (κ1) is 25.1. The fraction of sp³-hybridized carbons (Fsp3) is 0.696. The third kappa shape index (κ3) is 7.47. The summed E-state index contributed by atoms with van der Waals surface area (Å²) < 4.78 is 27.5. The number of likely N-dealkylation sites (tertiary alicyclic amines) is 1. The molecule has 0 unspecified atom stereocenters. The Morgan fingerprint density at radius 2 is 1.77 bits per heavy atom. The first-order valence-electron chi connectivity index (χ1n) is 11.1. The zero-order valence-electron chi connectivity index (χ0n) is 19.7. The minimum Gasteiger partial charge on any atom is -0.493 e. The average Bonchev–Trinajstić information content (AvgIpc) is 2.81. The van der Waals surface area contributed by atoms with Crippen molar-refractivity contribution in [2.24, 2.45) is 4.99 Å². The molecule has 0 amide bonds. The molecule has 0 atom stereocenters. The molecule has 0 spiro atoms. The molecule has 8 heteroatoms. The second-order valence-corrected chi connectivity index (χ2v) is 7.38. The number of ether oxygens (including phenoxy) is 5. The van der Waals surface area contributed by atoms with Crippen LogP contribution in [0.3, 0.4) is 0 Å². The largest absolute Gasteiger partial charge is 0.493 e. The summed E-state index contributed by atoms with van der Waals surface area (Å²) in [6.45, 7) is 6.99. The smallest absolute Gasteiger partial charge is 0.203 e. The zero-order valence-corrected chi connectivity index (χ0v) is 19.7. The van der Waals surface area contributed by atoms with Gasteiger partial charge in [-0.15, -0.1) is 0 Å². The number of hydrogen-bond donors (Lipinski definition) is 1. The molecule has 0 aromatic heterocycles. The Hall–Kier alpha value is -2.19. The second kappa shape index (κ2) is 14.0. The lowest BCUT2D eigenvalue weighted by molar-refractivity contribution is 0.00991. The lowest BCUT2D eigenvalue weighted by atomic mass is 10.1. The molecular formula is C23H39N3O5. The molecule has 1 saturated heterocycles. The SMILES string of the molecule is CCNC(=NCCc1ccc(OC)c(OC)c1OC)N1CCC(OCCCOC)CC1. The Kier molecular flexibility index (Phi) is 11.3. The van der Waals surface area contributed by atoms with Crippen molar-refractivity contribution in [2.75, 3.05) is 67.8 Å². The lowest BCUT2D eigenvalue weighted by Gasteiger charge is -2.34. The van der Waals surface area contributed by atoms with Crippen LogP contribution in [0.5, 0.6) is 17.2 Å². The topological polar surface area (TPSA) is 73.8 Å². The lowest BCUT2D eigenvalue weighted by Crippen LogP contribution is -2.47. The van der Waals surface area contributed by atoms with Gasteiger partial charge in [-0.3, -0.25) is 4.99 Å². The fourth-order valence-electron chi connectivity index (χ4n) is 3.76. The molecule has 8 nitrogen and oxygen atoms in total. The normalized spacial score (nSPS) is 15.1. The molecule has 1 aromatic carbocycles. The van der Waals surface area contributed by atoms with Crippen LogP contribution in [0.4, 0.5) is 0 Å². The molecule has 0 aliphatic carbocycles. The van der Waals surface area contributed by atoms with Gasteiger partial charge in [-0.05, 0) is 38.7 Å². The van der Waals surface area contributed by atoms with Crippen LogP contribution in [0.25, 0.3) is 0 Å². The van der Waals surface area contributed by atoms with Gasteiger partial charge in [0.05, 0.1) is 27.4 Å². The van der Waals surface area contributed by atoms with Crippen molar-refractivity contribution >= 4 is 5.96 Å². The summed E-state index contributed by atoms with van der Waals surface area (Å²) in [4.78, 5) is 7.19. The van der Waals surface area contributed by atoms with Gasteiger partial charge in [0, 0.05) is 52.1 Å². The van der Waals surface area contributed by atoms with Crippen molar-refractivity contribution in [1.82, 2.24) is 10.2 Å². The van der Waals surface area contributed by atoms with Crippen molar-refractivity contribution in [3.63, 3.8) is 0 Å². The van der Waals surface area contributed by atoms with Crippen LogP contribution in [-0.4, -0.2) is 84.8 Å². The van der Waals surface area contributed by atoms with Crippen LogP contribution in [0.2, 0.25) is 0 Å². The number of rotatable bonds is 12. The Morgan fingerprint density at radius 3 is 2.39 bits per heavy atom. The van der Waals surface area contributed by atoms with Crippen LogP contribution in [-0.2, 0) is 15.9 Å². The number of hydrogen-bond acceptors (Lipinski definition) is 6. The maximum atomic E-state index is 5.98. The molecule has 0 bridgehead atoms. The zero-order chi connectivity index (χ0) is 22.5. The molecule has 1 aliphatic rings. The summed E-state index contributed by atoms with van der Waals surface area (Å²) in [6.07, 6.45) is 4.05. The van der Waals surface area contributed by atoms with Crippen molar-refractivity contribution in [2.45, 2.75) is 38.7 Å². The summed E-state index contributed by atoms with van der Waals surface area (Å²) in [7, 11) is 6.62. The van der Waals surface area contributed by atoms with Crippen LogP contribution in [0.1, 0.15) is 31.7 Å². The van der Waals surface area contributed by atoms with E-state index in [1.807, 2.05) is 12.1 Å². The summed E-state index contributed by atoms with van der Waals surface area (Å²) in [5, 5.41) is 3.43. The van der Waals surface area contributed by atoms with E-state index in [2.05, 4.69) is 17.1 Å². The molecule has 0 radical (unpaired) electrons. The van der Waals surface area contributed by atoms with Gasteiger partial charge >= 0.3 is 0 Å². The standard InChI is InChI=1S/C23H39N3O5/c1-6-24-23(26-14-11-19(12-15-26)31-17-7-16-27-2)25-13-10-18-8-9-20(28-3)22(30-5)21(18)29-4/h8-9,19H,6-7,10-17H2,1-5H3,(H,24,25). The van der Waals surface area contributed by atoms with Crippen LogP contribution < -0.4 is 19.5 Å². The fourth-order valence-corrected chi connectivity index (χ4v) is 3.76. The van der Waals surface area contributed by atoms with Gasteiger partial charge < -0.3 is 33.9 Å². The van der Waals surface area contributed by atoms with Gasteiger partial charge in [0.15, 0.2) is 17.5 Å². The Balaban J connectivity index is 1.94. The molecule has 31 heavy (non-hydrogen) atoms. The molecule has 176 valence electrons. The summed E-state index contributed by atoms with van der Waals surface area (Å²) >= 11 is 0. The Labute approximate surface area is 186 Å². The Bertz CT molecular complexity index is 675. The minimum absolute atomic E-state index is 0.326. The predicted molar refractivity (Wildman–Crippen MR) is 123 cm³/mol. The highest BCUT2D eigenvalue weighted by atomic mass is 16.5. The van der Waals surface area contributed by atoms with Gasteiger partial charge in [0.25, 0.3) is 0 Å². The maximum absolute atomic E-state index is 5.98. The van der Waals surface area contributed by atoms with Crippen molar-refractivity contribution in [3.05, 3.63) is 17.7 Å². The first-order chi connectivity index (χ1) is 15.2. The van der Waals surface area contributed by atoms with Crippen molar-refractivity contribution < 1.29 is 23.7 Å². The minimum atomic E-state index is 0.326. The van der Waals surface area contributed by atoms with Gasteiger partial charge in [0.2, 0.25) is 5.75 Å². The molecule has 2 rings (SSSR count).